The van der Waals surface area contributed by atoms with Gasteiger partial charge in [0, 0.05) is 25.3 Å². The minimum absolute atomic E-state index is 0.0466. The number of carbonyl (C=O) groups is 2. The van der Waals surface area contributed by atoms with Gasteiger partial charge in [0.25, 0.3) is 5.91 Å². The molecule has 0 aromatic heterocycles. The quantitative estimate of drug-likeness (QED) is 0.509. The standard InChI is InChI=1S/C27H23F3N2O4/c1-32(2)24(33)17-5-3-16(4-6-17)18-11-20(27(28,29)30)13-21(12-18)31-25(34)26(9-10-26)19-7-8-22-23(14-19)36-15-35-22/h3-8,11-14H,9-10,15H2,1-2H3,(H,31,34). The first-order valence-corrected chi connectivity index (χ1v) is 11.3. The molecule has 9 heteroatoms. The minimum atomic E-state index is -4.61. The number of anilines is 1. The van der Waals surface area contributed by atoms with Gasteiger partial charge in [-0.2, -0.15) is 13.2 Å². The van der Waals surface area contributed by atoms with Crippen molar-refractivity contribution in [1.29, 1.82) is 0 Å². The van der Waals surface area contributed by atoms with Gasteiger partial charge < -0.3 is 19.7 Å². The van der Waals surface area contributed by atoms with Gasteiger partial charge in [-0.3, -0.25) is 9.59 Å². The number of amides is 2. The maximum absolute atomic E-state index is 13.7. The topological polar surface area (TPSA) is 67.9 Å². The average molecular weight is 496 g/mol. The largest absolute Gasteiger partial charge is 0.454 e. The first-order valence-electron chi connectivity index (χ1n) is 11.3. The zero-order valence-electron chi connectivity index (χ0n) is 19.6. The van der Waals surface area contributed by atoms with Crippen LogP contribution in [-0.4, -0.2) is 37.6 Å². The molecular weight excluding hydrogens is 473 g/mol. The number of rotatable bonds is 5. The molecule has 6 nitrogen and oxygen atoms in total. The van der Waals surface area contributed by atoms with Crippen molar-refractivity contribution in [1.82, 2.24) is 4.90 Å². The summed E-state index contributed by atoms with van der Waals surface area (Å²) in [6, 6.07) is 15.1. The highest BCUT2D eigenvalue weighted by molar-refractivity contribution is 6.02. The summed E-state index contributed by atoms with van der Waals surface area (Å²) >= 11 is 0. The number of hydrogen-bond donors (Lipinski definition) is 1. The summed E-state index contributed by atoms with van der Waals surface area (Å²) in [4.78, 5) is 26.8. The molecule has 186 valence electrons. The molecule has 5 rings (SSSR count). The number of benzene rings is 3. The molecule has 1 fully saturated rings. The normalized spacial score (nSPS) is 15.4. The van der Waals surface area contributed by atoms with Crippen molar-refractivity contribution < 1.29 is 32.2 Å². The maximum Gasteiger partial charge on any atom is 0.416 e. The van der Waals surface area contributed by atoms with Gasteiger partial charge in [-0.15, -0.1) is 0 Å². The summed E-state index contributed by atoms with van der Waals surface area (Å²) in [7, 11) is 3.24. The number of halogens is 3. The summed E-state index contributed by atoms with van der Waals surface area (Å²) < 4.78 is 51.9. The molecule has 1 N–H and O–H groups in total. The van der Waals surface area contributed by atoms with Crippen molar-refractivity contribution in [3.05, 3.63) is 77.4 Å². The molecule has 0 bridgehead atoms. The van der Waals surface area contributed by atoms with E-state index in [2.05, 4.69) is 5.32 Å². The smallest absolute Gasteiger partial charge is 0.416 e. The lowest BCUT2D eigenvalue weighted by Gasteiger charge is -2.18. The predicted molar refractivity (Wildman–Crippen MR) is 127 cm³/mol. The summed E-state index contributed by atoms with van der Waals surface area (Å²) in [6.07, 6.45) is -3.46. The molecule has 0 saturated heterocycles. The molecule has 36 heavy (non-hydrogen) atoms. The number of alkyl halides is 3. The fourth-order valence-corrected chi connectivity index (χ4v) is 4.31. The Morgan fingerprint density at radius 1 is 0.889 bits per heavy atom. The minimum Gasteiger partial charge on any atom is -0.454 e. The van der Waals surface area contributed by atoms with Crippen LogP contribution in [0.1, 0.15) is 34.3 Å². The van der Waals surface area contributed by atoms with E-state index >= 15 is 0 Å². The van der Waals surface area contributed by atoms with E-state index in [1.54, 1.807) is 56.6 Å². The van der Waals surface area contributed by atoms with Gasteiger partial charge >= 0.3 is 6.18 Å². The fraction of sp³-hybridized carbons (Fsp3) is 0.259. The third-order valence-electron chi connectivity index (χ3n) is 6.50. The van der Waals surface area contributed by atoms with Gasteiger partial charge in [0.15, 0.2) is 11.5 Å². The summed E-state index contributed by atoms with van der Waals surface area (Å²) in [5.74, 6) is 0.551. The zero-order valence-corrected chi connectivity index (χ0v) is 19.6. The number of nitrogens with one attached hydrogen (secondary N) is 1. The van der Waals surface area contributed by atoms with Crippen LogP contribution < -0.4 is 14.8 Å². The van der Waals surface area contributed by atoms with Crippen LogP contribution in [0.5, 0.6) is 11.5 Å². The second-order valence-corrected chi connectivity index (χ2v) is 9.18. The first-order chi connectivity index (χ1) is 17.1. The van der Waals surface area contributed by atoms with Crippen LogP contribution in [0, 0.1) is 0 Å². The van der Waals surface area contributed by atoms with Gasteiger partial charge in [-0.1, -0.05) is 18.2 Å². The van der Waals surface area contributed by atoms with Gasteiger partial charge in [0.2, 0.25) is 12.7 Å². The predicted octanol–water partition coefficient (Wildman–Crippen LogP) is 5.47. The zero-order chi connectivity index (χ0) is 25.7. The lowest BCUT2D eigenvalue weighted by atomic mass is 9.94. The van der Waals surface area contributed by atoms with Gasteiger partial charge in [0.05, 0.1) is 11.0 Å². The van der Waals surface area contributed by atoms with E-state index in [4.69, 9.17) is 9.47 Å². The molecule has 1 aliphatic carbocycles. The Morgan fingerprint density at radius 3 is 2.22 bits per heavy atom. The highest BCUT2D eigenvalue weighted by Crippen LogP contribution is 2.51. The monoisotopic (exact) mass is 496 g/mol. The van der Waals surface area contributed by atoms with Crippen LogP contribution in [0.15, 0.2) is 60.7 Å². The second-order valence-electron chi connectivity index (χ2n) is 9.18. The van der Waals surface area contributed by atoms with Crippen molar-refractivity contribution >= 4 is 17.5 Å². The molecular formula is C27H23F3N2O4. The van der Waals surface area contributed by atoms with E-state index in [-0.39, 0.29) is 29.9 Å². The first kappa shape index (κ1) is 23.7. The van der Waals surface area contributed by atoms with Gasteiger partial charge in [0.1, 0.15) is 0 Å². The third kappa shape index (κ3) is 4.36. The SMILES string of the molecule is CN(C)C(=O)c1ccc(-c2cc(NC(=O)C3(c4ccc5c(c4)OCO5)CC3)cc(C(F)(F)F)c2)cc1. The van der Waals surface area contributed by atoms with Crippen LogP contribution in [-0.2, 0) is 16.4 Å². The molecule has 0 radical (unpaired) electrons. The Balaban J connectivity index is 1.45. The molecule has 1 heterocycles. The number of hydrogen-bond acceptors (Lipinski definition) is 4. The Kier molecular flexibility index (Phi) is 5.65. The molecule has 1 saturated carbocycles. The van der Waals surface area contributed by atoms with E-state index < -0.39 is 17.2 Å². The van der Waals surface area contributed by atoms with Crippen LogP contribution >= 0.6 is 0 Å². The number of nitrogens with zero attached hydrogens (tertiary/aromatic N) is 1. The lowest BCUT2D eigenvalue weighted by molar-refractivity contribution is -0.137. The van der Waals surface area contributed by atoms with E-state index in [9.17, 15) is 22.8 Å². The molecule has 2 amide bonds. The Labute approximate surface area is 205 Å². The maximum atomic E-state index is 13.7. The molecule has 0 unspecified atom stereocenters. The van der Waals surface area contributed by atoms with Crippen molar-refractivity contribution in [3.63, 3.8) is 0 Å². The Bertz CT molecular complexity index is 1350. The highest BCUT2D eigenvalue weighted by Gasteiger charge is 2.51. The van der Waals surface area contributed by atoms with Crippen LogP contribution in [0.25, 0.3) is 11.1 Å². The molecule has 2 aliphatic rings. The van der Waals surface area contributed by atoms with Crippen molar-refractivity contribution in [2.75, 3.05) is 26.2 Å². The van der Waals surface area contributed by atoms with E-state index in [1.807, 2.05) is 0 Å². The van der Waals surface area contributed by atoms with Gasteiger partial charge in [-0.25, -0.2) is 0 Å². The average Bonchev–Trinajstić information content (AvgIpc) is 3.53. The van der Waals surface area contributed by atoms with Crippen LogP contribution in [0.3, 0.4) is 0 Å². The molecule has 3 aromatic carbocycles. The molecule has 3 aromatic rings. The van der Waals surface area contributed by atoms with Crippen molar-refractivity contribution in [2.24, 2.45) is 0 Å². The number of fused-ring (bicyclic) bond motifs is 1. The fourth-order valence-electron chi connectivity index (χ4n) is 4.31. The van der Waals surface area contributed by atoms with Crippen molar-refractivity contribution in [3.8, 4) is 22.6 Å². The lowest BCUT2D eigenvalue weighted by Crippen LogP contribution is -2.28. The number of ether oxygens (including phenoxy) is 2. The third-order valence-corrected chi connectivity index (χ3v) is 6.50. The molecule has 1 aliphatic heterocycles. The second kappa shape index (κ2) is 8.58. The van der Waals surface area contributed by atoms with E-state index in [1.165, 1.54) is 11.0 Å². The van der Waals surface area contributed by atoms with Crippen molar-refractivity contribution in [2.45, 2.75) is 24.4 Å². The number of carbonyl (C=O) groups excluding carboxylic acids is 2. The summed E-state index contributed by atoms with van der Waals surface area (Å²) in [5, 5.41) is 2.71. The summed E-state index contributed by atoms with van der Waals surface area (Å²) in [5.41, 5.74) is 0.257. The summed E-state index contributed by atoms with van der Waals surface area (Å²) in [6.45, 7) is 0.106. The van der Waals surface area contributed by atoms with Crippen LogP contribution in [0.4, 0.5) is 18.9 Å². The van der Waals surface area contributed by atoms with Gasteiger partial charge in [-0.05, 0) is 72.0 Å². The van der Waals surface area contributed by atoms with E-state index in [0.717, 1.165) is 17.7 Å². The molecule has 0 spiro atoms. The highest BCUT2D eigenvalue weighted by atomic mass is 19.4. The molecule has 0 atom stereocenters. The Hall–Kier alpha value is -4.01. The van der Waals surface area contributed by atoms with E-state index in [0.29, 0.717) is 35.5 Å². The van der Waals surface area contributed by atoms with Crippen LogP contribution in [0.2, 0.25) is 0 Å². The Morgan fingerprint density at radius 2 is 1.58 bits per heavy atom.